The number of ether oxygens (including phenoxy) is 4. The summed E-state index contributed by atoms with van der Waals surface area (Å²) in [6, 6.07) is 5.29. The van der Waals surface area contributed by atoms with Crippen molar-refractivity contribution in [1.29, 1.82) is 0 Å². The van der Waals surface area contributed by atoms with E-state index in [0.717, 1.165) is 46.2 Å². The Kier molecular flexibility index (Phi) is 12.6. The number of furan rings is 2. The molecule has 2 aromatic carbocycles. The van der Waals surface area contributed by atoms with Crippen LogP contribution in [-0.2, 0) is 31.3 Å². The second-order valence-corrected chi connectivity index (χ2v) is 14.8. The van der Waals surface area contributed by atoms with E-state index < -0.39 is 97.9 Å². The molecule has 8 rings (SSSR count). The normalized spacial score (nSPS) is 22.9. The first-order valence-corrected chi connectivity index (χ1v) is 19.0. The molecule has 6 heterocycles. The number of hydrogen-bond donors (Lipinski definition) is 4. The zero-order chi connectivity index (χ0) is 44.8. The molecule has 14 nitrogen and oxygen atoms in total. The maximum absolute atomic E-state index is 15.0. The van der Waals surface area contributed by atoms with Crippen LogP contribution in [0, 0.1) is 0 Å². The van der Waals surface area contributed by atoms with Gasteiger partial charge in [0.05, 0.1) is 75.2 Å². The third-order valence-corrected chi connectivity index (χ3v) is 10.4. The smallest absolute Gasteiger partial charge is 0.416 e. The zero-order valence-electron chi connectivity index (χ0n) is 32.1. The summed E-state index contributed by atoms with van der Waals surface area (Å²) in [6.45, 7) is -4.12. The number of halogens is 10. The van der Waals surface area contributed by atoms with Gasteiger partial charge in [0, 0.05) is 37.0 Å². The summed E-state index contributed by atoms with van der Waals surface area (Å²) in [4.78, 5) is 26.9. The highest BCUT2D eigenvalue weighted by molar-refractivity contribution is 6.08. The van der Waals surface area contributed by atoms with Gasteiger partial charge in [-0.3, -0.25) is 9.59 Å². The molecule has 4 N–H and O–H groups in total. The largest absolute Gasteiger partial charge is 0.449 e. The second kappa shape index (κ2) is 17.4. The maximum atomic E-state index is 15.0. The molecule has 2 fully saturated rings. The predicted molar refractivity (Wildman–Crippen MR) is 195 cm³/mol. The number of amides is 2. The van der Waals surface area contributed by atoms with E-state index in [4.69, 9.17) is 38.0 Å². The van der Waals surface area contributed by atoms with Gasteiger partial charge in [0.2, 0.25) is 11.5 Å². The Hall–Kier alpha value is -4.88. The van der Waals surface area contributed by atoms with Crippen LogP contribution in [0.2, 0.25) is 0 Å². The first-order valence-electron chi connectivity index (χ1n) is 19.0. The Morgan fingerprint density at radius 1 is 0.581 bits per heavy atom. The van der Waals surface area contributed by atoms with E-state index in [1.165, 1.54) is 0 Å². The van der Waals surface area contributed by atoms with Crippen LogP contribution in [0.15, 0.2) is 45.2 Å². The van der Waals surface area contributed by atoms with Crippen molar-refractivity contribution in [3.63, 3.8) is 0 Å². The summed E-state index contributed by atoms with van der Waals surface area (Å²) in [5.41, 5.74) is -2.27. The predicted octanol–water partition coefficient (Wildman–Crippen LogP) is 4.83. The second-order valence-electron chi connectivity index (χ2n) is 14.8. The highest BCUT2D eigenvalue weighted by Crippen LogP contribution is 2.42. The SMILES string of the molecule is O=C1NCCN(CC(F)(F)[C@@H]2CO[C@@H](CO)CO2)c2c1oc1ccc(C(F)(F)F)cc21.O=C1NCCN(CC(F)(F)[C@H]2CO[C@H](CO)CO2)c2c1oc1ccc(C(F)(F)F)cc21. The summed E-state index contributed by atoms with van der Waals surface area (Å²) < 4.78 is 171. The number of hydrogen-bond acceptors (Lipinski definition) is 12. The van der Waals surface area contributed by atoms with Gasteiger partial charge in [0.25, 0.3) is 23.7 Å². The van der Waals surface area contributed by atoms with Crippen molar-refractivity contribution < 1.29 is 91.5 Å². The number of nitrogens with one attached hydrogen (secondary N) is 2. The van der Waals surface area contributed by atoms with Crippen LogP contribution in [0.25, 0.3) is 21.9 Å². The highest BCUT2D eigenvalue weighted by Gasteiger charge is 2.48. The third kappa shape index (κ3) is 9.39. The number of carbonyl (C=O) groups is 2. The molecule has 4 aliphatic rings. The third-order valence-electron chi connectivity index (χ3n) is 10.4. The van der Waals surface area contributed by atoms with E-state index in [-0.39, 0.29) is 97.4 Å². The lowest BCUT2D eigenvalue weighted by Crippen LogP contribution is -2.52. The molecule has 0 saturated carbocycles. The maximum Gasteiger partial charge on any atom is 0.416 e. The molecule has 0 aliphatic carbocycles. The lowest BCUT2D eigenvalue weighted by molar-refractivity contribution is -0.216. The van der Waals surface area contributed by atoms with Crippen molar-refractivity contribution in [2.75, 3.05) is 88.7 Å². The Bertz CT molecular complexity index is 2090. The molecule has 0 unspecified atom stereocenters. The van der Waals surface area contributed by atoms with Crippen LogP contribution in [0.1, 0.15) is 32.2 Å². The highest BCUT2D eigenvalue weighted by atomic mass is 19.4. The summed E-state index contributed by atoms with van der Waals surface area (Å²) in [6.07, 6.45) is -13.9. The van der Waals surface area contributed by atoms with E-state index >= 15 is 0 Å². The number of carbonyl (C=O) groups excluding carboxylic acids is 2. The monoisotopic (exact) mass is 900 g/mol. The first kappa shape index (κ1) is 45.2. The Morgan fingerprint density at radius 3 is 1.29 bits per heavy atom. The van der Waals surface area contributed by atoms with Gasteiger partial charge in [0.15, 0.2) is 0 Å². The minimum atomic E-state index is -4.66. The van der Waals surface area contributed by atoms with Crippen molar-refractivity contribution in [2.24, 2.45) is 0 Å². The van der Waals surface area contributed by atoms with Gasteiger partial charge in [-0.2, -0.15) is 26.3 Å². The molecule has 2 saturated heterocycles. The number of rotatable bonds is 8. The van der Waals surface area contributed by atoms with Crippen molar-refractivity contribution in [3.05, 3.63) is 59.0 Å². The van der Waals surface area contributed by atoms with Crippen LogP contribution in [0.4, 0.5) is 55.3 Å². The van der Waals surface area contributed by atoms with Crippen molar-refractivity contribution >= 4 is 45.1 Å². The fourth-order valence-electron chi connectivity index (χ4n) is 7.26. The Balaban J connectivity index is 0.000000186. The molecule has 340 valence electrons. The van der Waals surface area contributed by atoms with E-state index in [1.807, 2.05) is 0 Å². The fourth-order valence-corrected chi connectivity index (χ4v) is 7.26. The molecule has 0 spiro atoms. The Morgan fingerprint density at radius 2 is 0.968 bits per heavy atom. The van der Waals surface area contributed by atoms with E-state index in [2.05, 4.69) is 10.6 Å². The fraction of sp³-hybridized carbons (Fsp3) is 0.526. The number of aliphatic hydroxyl groups is 2. The molecule has 2 amide bonds. The molecule has 0 radical (unpaired) electrons. The molecular weight excluding hydrogens is 862 g/mol. The minimum Gasteiger partial charge on any atom is -0.449 e. The molecule has 62 heavy (non-hydrogen) atoms. The molecule has 0 bridgehead atoms. The van der Waals surface area contributed by atoms with E-state index in [0.29, 0.717) is 0 Å². The van der Waals surface area contributed by atoms with Gasteiger partial charge >= 0.3 is 12.4 Å². The number of aliphatic hydroxyl groups excluding tert-OH is 2. The number of benzene rings is 2. The lowest BCUT2D eigenvalue weighted by atomic mass is 10.1. The van der Waals surface area contributed by atoms with E-state index in [9.17, 15) is 53.5 Å². The summed E-state index contributed by atoms with van der Waals surface area (Å²) in [5, 5.41) is 22.9. The van der Waals surface area contributed by atoms with Crippen molar-refractivity contribution in [2.45, 2.75) is 48.6 Å². The van der Waals surface area contributed by atoms with Crippen LogP contribution >= 0.6 is 0 Å². The average molecular weight is 901 g/mol. The van der Waals surface area contributed by atoms with Crippen LogP contribution in [0.5, 0.6) is 0 Å². The number of nitrogens with zero attached hydrogens (tertiary/aromatic N) is 2. The molecule has 4 atom stereocenters. The minimum absolute atomic E-state index is 0.00578. The van der Waals surface area contributed by atoms with Crippen molar-refractivity contribution in [3.8, 4) is 0 Å². The van der Waals surface area contributed by atoms with E-state index in [1.54, 1.807) is 0 Å². The quantitative estimate of drug-likeness (QED) is 0.178. The van der Waals surface area contributed by atoms with Gasteiger partial charge in [-0.1, -0.05) is 0 Å². The molecule has 4 aromatic rings. The average Bonchev–Trinajstić information content (AvgIpc) is 3.72. The molecule has 2 aromatic heterocycles. The van der Waals surface area contributed by atoms with Crippen LogP contribution in [-0.4, -0.2) is 137 Å². The number of fused-ring (bicyclic) bond motifs is 6. The molecular formula is C38H38F10N4O10. The van der Waals surface area contributed by atoms with Gasteiger partial charge in [-0.25, -0.2) is 17.6 Å². The van der Waals surface area contributed by atoms with Gasteiger partial charge in [0.1, 0.15) is 35.6 Å². The zero-order valence-corrected chi connectivity index (χ0v) is 32.1. The summed E-state index contributed by atoms with van der Waals surface area (Å²) in [7, 11) is 0. The van der Waals surface area contributed by atoms with Crippen molar-refractivity contribution in [1.82, 2.24) is 10.6 Å². The number of alkyl halides is 10. The van der Waals surface area contributed by atoms with Gasteiger partial charge < -0.3 is 58.4 Å². The lowest BCUT2D eigenvalue weighted by Gasteiger charge is -2.36. The van der Waals surface area contributed by atoms with Gasteiger partial charge in [-0.05, 0) is 36.4 Å². The first-order chi connectivity index (χ1) is 29.2. The molecule has 24 heteroatoms. The van der Waals surface area contributed by atoms with Gasteiger partial charge in [-0.15, -0.1) is 0 Å². The molecule has 4 aliphatic heterocycles. The number of anilines is 2. The van der Waals surface area contributed by atoms with Crippen LogP contribution in [0.3, 0.4) is 0 Å². The summed E-state index contributed by atoms with van der Waals surface area (Å²) >= 11 is 0. The Labute approximate surface area is 343 Å². The van der Waals surface area contributed by atoms with Crippen LogP contribution < -0.4 is 20.4 Å². The standard InChI is InChI=1S/2C19H19F5N2O5/c2*20-18(21,14-8-29-11(6-27)7-30-14)9-26-4-3-25-17(28)16-15(26)12-5-10(19(22,23)24)1-2-13(12)31-16/h2*1-2,5,11,14,27H,3-4,6-9H2,(H,25,28)/t2*11-,14-/m10/s1. The summed E-state index contributed by atoms with van der Waals surface area (Å²) in [5.74, 6) is -8.98. The topological polar surface area (TPSA) is 168 Å².